The molecular formula is C18H23NO3S. The number of ether oxygens (including phenoxy) is 1. The first-order valence-electron chi connectivity index (χ1n) is 8.26. The molecule has 1 aliphatic heterocycles. The minimum Gasteiger partial charge on any atom is -0.468 e. The van der Waals surface area contributed by atoms with Crippen LogP contribution in [-0.4, -0.2) is 30.1 Å². The Labute approximate surface area is 141 Å². The number of rotatable bonds is 8. The number of thiophene rings is 1. The zero-order chi connectivity index (χ0) is 15.9. The van der Waals surface area contributed by atoms with Crippen molar-refractivity contribution in [2.24, 2.45) is 0 Å². The maximum atomic E-state index is 11.9. The Morgan fingerprint density at radius 1 is 1.39 bits per heavy atom. The Hall–Kier alpha value is -1.59. The third kappa shape index (κ3) is 4.94. The van der Waals surface area contributed by atoms with E-state index in [1.807, 2.05) is 18.2 Å². The molecule has 0 bridgehead atoms. The van der Waals surface area contributed by atoms with Gasteiger partial charge < -0.3 is 9.15 Å². The normalized spacial score (nSPS) is 18.3. The van der Waals surface area contributed by atoms with E-state index in [2.05, 4.69) is 16.3 Å². The fraction of sp³-hybridized carbons (Fsp3) is 0.500. The van der Waals surface area contributed by atoms with Gasteiger partial charge in [-0.1, -0.05) is 6.07 Å². The highest BCUT2D eigenvalue weighted by Gasteiger charge is 2.26. The topological polar surface area (TPSA) is 42.7 Å². The summed E-state index contributed by atoms with van der Waals surface area (Å²) >= 11 is 1.74. The van der Waals surface area contributed by atoms with Crippen molar-refractivity contribution in [1.29, 1.82) is 0 Å². The largest absolute Gasteiger partial charge is 0.468 e. The summed E-state index contributed by atoms with van der Waals surface area (Å²) in [6, 6.07) is 8.38. The van der Waals surface area contributed by atoms with Gasteiger partial charge in [-0.05, 0) is 55.8 Å². The van der Waals surface area contributed by atoms with Crippen molar-refractivity contribution in [3.63, 3.8) is 0 Å². The van der Waals surface area contributed by atoms with Gasteiger partial charge in [0.2, 0.25) is 0 Å². The summed E-state index contributed by atoms with van der Waals surface area (Å²) < 4.78 is 10.9. The first-order chi connectivity index (χ1) is 11.3. The highest BCUT2D eigenvalue weighted by Crippen LogP contribution is 2.21. The van der Waals surface area contributed by atoms with Crippen LogP contribution in [0.3, 0.4) is 0 Å². The van der Waals surface area contributed by atoms with Crippen LogP contribution in [0.5, 0.6) is 0 Å². The number of nitrogens with zero attached hydrogens (tertiary/aromatic N) is 1. The van der Waals surface area contributed by atoms with Crippen LogP contribution in [0.2, 0.25) is 0 Å². The van der Waals surface area contributed by atoms with Gasteiger partial charge in [0.05, 0.1) is 12.8 Å². The van der Waals surface area contributed by atoms with Gasteiger partial charge in [0.25, 0.3) is 0 Å². The molecule has 1 saturated heterocycles. The minimum atomic E-state index is -0.0774. The summed E-state index contributed by atoms with van der Waals surface area (Å²) in [6.07, 6.45) is 6.27. The molecule has 0 N–H and O–H groups in total. The van der Waals surface area contributed by atoms with Crippen LogP contribution in [0, 0.1) is 0 Å². The molecule has 5 heteroatoms. The van der Waals surface area contributed by atoms with Gasteiger partial charge in [0.15, 0.2) is 0 Å². The second-order valence-corrected chi connectivity index (χ2v) is 6.99. The molecule has 23 heavy (non-hydrogen) atoms. The number of furan rings is 1. The van der Waals surface area contributed by atoms with Crippen molar-refractivity contribution in [2.45, 2.75) is 44.7 Å². The second kappa shape index (κ2) is 8.31. The average molecular weight is 333 g/mol. The van der Waals surface area contributed by atoms with Gasteiger partial charge in [-0.25, -0.2) is 0 Å². The summed E-state index contributed by atoms with van der Waals surface area (Å²) in [7, 11) is 0. The van der Waals surface area contributed by atoms with E-state index in [1.165, 1.54) is 4.88 Å². The molecule has 1 fully saturated rings. The number of carbonyl (C=O) groups excluding carboxylic acids is 1. The van der Waals surface area contributed by atoms with Gasteiger partial charge in [-0.3, -0.25) is 9.69 Å². The van der Waals surface area contributed by atoms with Gasteiger partial charge in [0, 0.05) is 17.3 Å². The molecule has 0 spiro atoms. The van der Waals surface area contributed by atoms with Crippen molar-refractivity contribution in [2.75, 3.05) is 13.2 Å². The van der Waals surface area contributed by atoms with E-state index in [0.29, 0.717) is 19.1 Å². The molecule has 3 heterocycles. The SMILES string of the molecule is O=C(CCCc1cccs1)OC[C@@H]1CCCN1Cc1ccco1. The van der Waals surface area contributed by atoms with E-state index in [-0.39, 0.29) is 5.97 Å². The van der Waals surface area contributed by atoms with E-state index in [9.17, 15) is 4.79 Å². The van der Waals surface area contributed by atoms with Crippen LogP contribution in [-0.2, 0) is 22.5 Å². The first-order valence-corrected chi connectivity index (χ1v) is 9.13. The number of carbonyl (C=O) groups is 1. The van der Waals surface area contributed by atoms with Gasteiger partial charge >= 0.3 is 5.97 Å². The number of aryl methyl sites for hydroxylation is 1. The number of likely N-dealkylation sites (tertiary alicyclic amines) is 1. The Balaban J connectivity index is 1.36. The predicted octanol–water partition coefficient (Wildman–Crippen LogP) is 3.87. The van der Waals surface area contributed by atoms with Crippen LogP contribution in [0.1, 0.15) is 36.3 Å². The van der Waals surface area contributed by atoms with E-state index in [1.54, 1.807) is 17.6 Å². The molecule has 1 atom stereocenters. The van der Waals surface area contributed by atoms with Crippen molar-refractivity contribution in [1.82, 2.24) is 4.90 Å². The number of esters is 1. The summed E-state index contributed by atoms with van der Waals surface area (Å²) in [6.45, 7) is 2.34. The molecule has 0 amide bonds. The molecule has 124 valence electrons. The van der Waals surface area contributed by atoms with Gasteiger partial charge in [0.1, 0.15) is 12.4 Å². The van der Waals surface area contributed by atoms with Crippen LogP contribution in [0.15, 0.2) is 40.3 Å². The molecule has 0 saturated carbocycles. The predicted molar refractivity (Wildman–Crippen MR) is 90.4 cm³/mol. The zero-order valence-corrected chi connectivity index (χ0v) is 14.1. The molecule has 0 radical (unpaired) electrons. The van der Waals surface area contributed by atoms with E-state index in [0.717, 1.165) is 44.5 Å². The highest BCUT2D eigenvalue weighted by atomic mass is 32.1. The summed E-state index contributed by atoms with van der Waals surface area (Å²) in [5.41, 5.74) is 0. The maximum absolute atomic E-state index is 11.9. The van der Waals surface area contributed by atoms with Crippen LogP contribution < -0.4 is 0 Å². The Morgan fingerprint density at radius 3 is 3.13 bits per heavy atom. The lowest BCUT2D eigenvalue weighted by Crippen LogP contribution is -2.33. The molecule has 2 aromatic rings. The molecule has 2 aromatic heterocycles. The van der Waals surface area contributed by atoms with Crippen LogP contribution in [0.4, 0.5) is 0 Å². The lowest BCUT2D eigenvalue weighted by Gasteiger charge is -2.23. The quantitative estimate of drug-likeness (QED) is 0.688. The maximum Gasteiger partial charge on any atom is 0.305 e. The zero-order valence-electron chi connectivity index (χ0n) is 13.3. The van der Waals surface area contributed by atoms with Crippen molar-refractivity contribution < 1.29 is 13.9 Å². The fourth-order valence-corrected chi connectivity index (χ4v) is 3.77. The Morgan fingerprint density at radius 2 is 2.35 bits per heavy atom. The smallest absolute Gasteiger partial charge is 0.305 e. The molecule has 3 rings (SSSR count). The molecule has 1 aliphatic rings. The Bertz CT molecular complexity index is 579. The average Bonchev–Trinajstić information content (AvgIpc) is 3.29. The van der Waals surface area contributed by atoms with E-state index >= 15 is 0 Å². The van der Waals surface area contributed by atoms with E-state index in [4.69, 9.17) is 9.15 Å². The molecule has 0 aromatic carbocycles. The number of hydrogen-bond donors (Lipinski definition) is 0. The third-order valence-electron chi connectivity index (χ3n) is 4.26. The van der Waals surface area contributed by atoms with Gasteiger partial charge in [-0.15, -0.1) is 11.3 Å². The lowest BCUT2D eigenvalue weighted by molar-refractivity contribution is -0.145. The summed E-state index contributed by atoms with van der Waals surface area (Å²) in [5, 5.41) is 2.07. The fourth-order valence-electron chi connectivity index (χ4n) is 3.02. The first kappa shape index (κ1) is 16.3. The summed E-state index contributed by atoms with van der Waals surface area (Å²) in [4.78, 5) is 15.6. The molecule has 0 unspecified atom stereocenters. The van der Waals surface area contributed by atoms with Crippen LogP contribution >= 0.6 is 11.3 Å². The van der Waals surface area contributed by atoms with E-state index < -0.39 is 0 Å². The monoisotopic (exact) mass is 333 g/mol. The summed E-state index contributed by atoms with van der Waals surface area (Å²) in [5.74, 6) is 0.894. The molecular weight excluding hydrogens is 310 g/mol. The van der Waals surface area contributed by atoms with Crippen molar-refractivity contribution in [3.05, 3.63) is 46.5 Å². The van der Waals surface area contributed by atoms with Gasteiger partial charge in [-0.2, -0.15) is 0 Å². The Kier molecular flexibility index (Phi) is 5.88. The van der Waals surface area contributed by atoms with Crippen molar-refractivity contribution in [3.8, 4) is 0 Å². The van der Waals surface area contributed by atoms with Crippen LogP contribution in [0.25, 0.3) is 0 Å². The second-order valence-electron chi connectivity index (χ2n) is 5.96. The molecule has 4 nitrogen and oxygen atoms in total. The minimum absolute atomic E-state index is 0.0774. The van der Waals surface area contributed by atoms with Crippen molar-refractivity contribution >= 4 is 17.3 Å². The standard InChI is InChI=1S/C18H23NO3S/c20-18(9-1-7-17-8-4-12-23-17)22-14-15-5-2-10-19(15)13-16-6-3-11-21-16/h3-4,6,8,11-12,15H,1-2,5,7,9-10,13-14H2/t15-/m0/s1. The number of hydrogen-bond acceptors (Lipinski definition) is 5. The lowest BCUT2D eigenvalue weighted by atomic mass is 10.2. The third-order valence-corrected chi connectivity index (χ3v) is 5.20. The molecule has 0 aliphatic carbocycles. The highest BCUT2D eigenvalue weighted by molar-refractivity contribution is 7.09.